The zero-order valence-corrected chi connectivity index (χ0v) is 13.0. The number of fused-ring (bicyclic) bond motifs is 3. The Hall–Kier alpha value is -1.89. The van der Waals surface area contributed by atoms with Crippen LogP contribution in [-0.2, 0) is 0 Å². The van der Waals surface area contributed by atoms with Gasteiger partial charge >= 0.3 is 0 Å². The van der Waals surface area contributed by atoms with E-state index in [0.717, 1.165) is 17.0 Å². The lowest BCUT2D eigenvalue weighted by Gasteiger charge is -2.37. The molecule has 2 unspecified atom stereocenters. The number of aliphatic hydroxyl groups is 1. The normalized spacial score (nSPS) is 25.1. The number of alkyl halides is 3. The number of rotatable bonds is 3. The Bertz CT molecular complexity index is 751. The van der Waals surface area contributed by atoms with Crippen molar-refractivity contribution in [2.75, 3.05) is 0 Å². The number of aromatic nitrogens is 3. The maximum absolute atomic E-state index is 15.0. The van der Waals surface area contributed by atoms with Gasteiger partial charge in [-0.15, -0.1) is 0 Å². The van der Waals surface area contributed by atoms with Crippen LogP contribution in [0.5, 0.6) is 0 Å². The highest BCUT2D eigenvalue weighted by molar-refractivity contribution is 5.66. The summed E-state index contributed by atoms with van der Waals surface area (Å²) in [4.78, 5) is 8.48. The second-order valence-corrected chi connectivity index (χ2v) is 6.78. The van der Waals surface area contributed by atoms with Crippen LogP contribution in [0.2, 0.25) is 0 Å². The minimum atomic E-state index is -2.83. The van der Waals surface area contributed by atoms with Crippen molar-refractivity contribution in [1.29, 1.82) is 0 Å². The quantitative estimate of drug-likeness (QED) is 0.932. The monoisotopic (exact) mass is 337 g/mol. The van der Waals surface area contributed by atoms with Gasteiger partial charge in [0.1, 0.15) is 5.67 Å². The topological polar surface area (TPSA) is 50.9 Å². The van der Waals surface area contributed by atoms with Crippen LogP contribution < -0.4 is 0 Å². The molecule has 7 heteroatoms. The first-order valence-corrected chi connectivity index (χ1v) is 8.12. The first-order chi connectivity index (χ1) is 11.4. The molecular weight excluding hydrogens is 319 g/mol. The Kier molecular flexibility index (Phi) is 3.46. The standard InChI is InChI=1S/C17H18F3N3O/c18-16(3-5-17(19,20)6-4-16)14(24)8-12-15-11(2-1-7-22-15)13-9-21-10-23(12)13/h1-2,7,9-10,12,14,24H,3-6,8H2. The van der Waals surface area contributed by atoms with E-state index in [1.54, 1.807) is 18.7 Å². The van der Waals surface area contributed by atoms with E-state index in [0.29, 0.717) is 0 Å². The van der Waals surface area contributed by atoms with Crippen molar-refractivity contribution in [1.82, 2.24) is 14.5 Å². The fourth-order valence-corrected chi connectivity index (χ4v) is 3.81. The number of pyridine rings is 1. The highest BCUT2D eigenvalue weighted by Gasteiger charge is 2.49. The molecule has 0 saturated heterocycles. The molecule has 1 fully saturated rings. The number of imidazole rings is 1. The second kappa shape index (κ2) is 5.31. The van der Waals surface area contributed by atoms with Gasteiger partial charge in [0, 0.05) is 31.0 Å². The van der Waals surface area contributed by atoms with Crippen LogP contribution in [0, 0.1) is 0 Å². The molecule has 1 N–H and O–H groups in total. The maximum Gasteiger partial charge on any atom is 0.248 e. The van der Waals surface area contributed by atoms with Crippen LogP contribution in [0.1, 0.15) is 43.8 Å². The van der Waals surface area contributed by atoms with Crippen molar-refractivity contribution in [3.63, 3.8) is 0 Å². The molecule has 1 aliphatic carbocycles. The second-order valence-electron chi connectivity index (χ2n) is 6.78. The summed E-state index contributed by atoms with van der Waals surface area (Å²) in [6.45, 7) is 0. The number of halogens is 3. The van der Waals surface area contributed by atoms with Crippen LogP contribution >= 0.6 is 0 Å². The first-order valence-electron chi connectivity index (χ1n) is 8.12. The highest BCUT2D eigenvalue weighted by atomic mass is 19.3. The zero-order chi connectivity index (χ0) is 16.9. The SMILES string of the molecule is OC(CC1c2ncccc2-c2cncn21)C1(F)CCC(F)(F)CC1. The van der Waals surface area contributed by atoms with Crippen LogP contribution in [0.3, 0.4) is 0 Å². The van der Waals surface area contributed by atoms with Gasteiger partial charge in [-0.3, -0.25) is 4.98 Å². The summed E-state index contributed by atoms with van der Waals surface area (Å²) in [5, 5.41) is 10.5. The number of nitrogens with zero attached hydrogens (tertiary/aromatic N) is 3. The molecule has 128 valence electrons. The van der Waals surface area contributed by atoms with Gasteiger partial charge in [-0.1, -0.05) is 0 Å². The van der Waals surface area contributed by atoms with E-state index in [9.17, 15) is 13.9 Å². The fraction of sp³-hybridized carbons (Fsp3) is 0.529. The summed E-state index contributed by atoms with van der Waals surface area (Å²) in [6.07, 6.45) is 2.10. The predicted octanol–water partition coefficient (Wildman–Crippen LogP) is 3.52. The molecule has 0 amide bonds. The van der Waals surface area contributed by atoms with E-state index >= 15 is 4.39 Å². The third-order valence-corrected chi connectivity index (χ3v) is 5.29. The number of aliphatic hydroxyl groups excluding tert-OH is 1. The molecule has 3 heterocycles. The van der Waals surface area contributed by atoms with Crippen molar-refractivity contribution >= 4 is 0 Å². The van der Waals surface area contributed by atoms with Crippen LogP contribution in [0.4, 0.5) is 13.2 Å². The Morgan fingerprint density at radius 2 is 2.00 bits per heavy atom. The predicted molar refractivity (Wildman–Crippen MR) is 81.5 cm³/mol. The average Bonchev–Trinajstić information content (AvgIpc) is 3.14. The van der Waals surface area contributed by atoms with Crippen LogP contribution in [0.15, 0.2) is 30.9 Å². The molecule has 1 saturated carbocycles. The Morgan fingerprint density at radius 1 is 1.25 bits per heavy atom. The Balaban J connectivity index is 1.58. The van der Waals surface area contributed by atoms with Crippen molar-refractivity contribution in [2.24, 2.45) is 0 Å². The van der Waals surface area contributed by atoms with E-state index < -0.39 is 30.5 Å². The molecule has 2 aliphatic rings. The van der Waals surface area contributed by atoms with Gasteiger partial charge in [-0.25, -0.2) is 18.2 Å². The molecule has 0 spiro atoms. The van der Waals surface area contributed by atoms with Gasteiger partial charge in [0.2, 0.25) is 5.92 Å². The summed E-state index contributed by atoms with van der Waals surface area (Å²) < 4.78 is 43.5. The third-order valence-electron chi connectivity index (χ3n) is 5.29. The van der Waals surface area contributed by atoms with Crippen LogP contribution in [0.25, 0.3) is 11.3 Å². The van der Waals surface area contributed by atoms with E-state index in [1.165, 1.54) is 0 Å². The molecule has 4 nitrogen and oxygen atoms in total. The summed E-state index contributed by atoms with van der Waals surface area (Å²) in [7, 11) is 0. The van der Waals surface area contributed by atoms with E-state index in [4.69, 9.17) is 0 Å². The van der Waals surface area contributed by atoms with Gasteiger partial charge < -0.3 is 9.67 Å². The summed E-state index contributed by atoms with van der Waals surface area (Å²) >= 11 is 0. The molecule has 2 aromatic rings. The van der Waals surface area contributed by atoms with Crippen molar-refractivity contribution in [3.05, 3.63) is 36.5 Å². The zero-order valence-electron chi connectivity index (χ0n) is 13.0. The van der Waals surface area contributed by atoms with Gasteiger partial charge in [0.05, 0.1) is 36.1 Å². The lowest BCUT2D eigenvalue weighted by Crippen LogP contribution is -2.45. The highest BCUT2D eigenvalue weighted by Crippen LogP contribution is 2.46. The molecule has 0 aromatic carbocycles. The Labute approximate surface area is 137 Å². The molecule has 4 rings (SSSR count). The molecule has 2 atom stereocenters. The average molecular weight is 337 g/mol. The minimum absolute atomic E-state index is 0.0927. The summed E-state index contributed by atoms with van der Waals surface area (Å²) in [6, 6.07) is 3.40. The lowest BCUT2D eigenvalue weighted by atomic mass is 9.78. The minimum Gasteiger partial charge on any atom is -0.390 e. The van der Waals surface area contributed by atoms with Crippen molar-refractivity contribution < 1.29 is 18.3 Å². The summed E-state index contributed by atoms with van der Waals surface area (Å²) in [5.41, 5.74) is 0.576. The molecule has 0 radical (unpaired) electrons. The smallest absolute Gasteiger partial charge is 0.248 e. The molecule has 1 aliphatic heterocycles. The number of hydrogen-bond acceptors (Lipinski definition) is 3. The molecule has 2 aromatic heterocycles. The first kappa shape index (κ1) is 15.6. The largest absolute Gasteiger partial charge is 0.390 e. The van der Waals surface area contributed by atoms with Gasteiger partial charge in [-0.2, -0.15) is 0 Å². The van der Waals surface area contributed by atoms with Gasteiger partial charge in [-0.05, 0) is 25.0 Å². The van der Waals surface area contributed by atoms with Crippen molar-refractivity contribution in [3.8, 4) is 11.3 Å². The number of hydrogen-bond donors (Lipinski definition) is 1. The van der Waals surface area contributed by atoms with E-state index in [-0.39, 0.29) is 25.3 Å². The van der Waals surface area contributed by atoms with E-state index in [2.05, 4.69) is 9.97 Å². The lowest BCUT2D eigenvalue weighted by molar-refractivity contribution is -0.114. The van der Waals surface area contributed by atoms with Gasteiger partial charge in [0.15, 0.2) is 0 Å². The maximum atomic E-state index is 15.0. The molecule has 24 heavy (non-hydrogen) atoms. The van der Waals surface area contributed by atoms with Gasteiger partial charge in [0.25, 0.3) is 0 Å². The third kappa shape index (κ3) is 2.42. The van der Waals surface area contributed by atoms with E-state index in [1.807, 2.05) is 16.7 Å². The Morgan fingerprint density at radius 3 is 2.75 bits per heavy atom. The van der Waals surface area contributed by atoms with Crippen LogP contribution in [-0.4, -0.2) is 37.3 Å². The molecular formula is C17H18F3N3O. The molecule has 0 bridgehead atoms. The van der Waals surface area contributed by atoms with Crippen molar-refractivity contribution in [2.45, 2.75) is 55.8 Å². The fourth-order valence-electron chi connectivity index (χ4n) is 3.81. The summed E-state index contributed by atoms with van der Waals surface area (Å²) in [5.74, 6) is -2.83.